The van der Waals surface area contributed by atoms with Crippen molar-refractivity contribution in [2.24, 2.45) is 5.73 Å². The Balaban J connectivity index is 1.59. The lowest BCUT2D eigenvalue weighted by Gasteiger charge is -2.28. The van der Waals surface area contributed by atoms with Crippen molar-refractivity contribution in [3.8, 4) is 11.3 Å². The first kappa shape index (κ1) is 22.7. The summed E-state index contributed by atoms with van der Waals surface area (Å²) in [7, 11) is -3.41. The number of amides is 3. The maximum atomic E-state index is 13.6. The van der Waals surface area contributed by atoms with Gasteiger partial charge in [-0.3, -0.25) is 14.8 Å². The van der Waals surface area contributed by atoms with Gasteiger partial charge in [-0.25, -0.2) is 22.6 Å². The third-order valence-corrected chi connectivity index (χ3v) is 6.49. The van der Waals surface area contributed by atoms with Gasteiger partial charge in [-0.1, -0.05) is 11.6 Å². The summed E-state index contributed by atoms with van der Waals surface area (Å²) in [4.78, 5) is 30.4. The number of hydrogen-bond donors (Lipinski definition) is 2. The van der Waals surface area contributed by atoms with E-state index in [2.05, 4.69) is 15.4 Å². The minimum Gasteiger partial charge on any atom is -0.365 e. The molecule has 172 valence electrons. The molecular formula is C20H18ClFN6O4S. The summed E-state index contributed by atoms with van der Waals surface area (Å²) in [5, 5.41) is 6.91. The highest BCUT2D eigenvalue weighted by Crippen LogP contribution is 2.30. The predicted molar refractivity (Wildman–Crippen MR) is 118 cm³/mol. The van der Waals surface area contributed by atoms with Crippen molar-refractivity contribution in [2.45, 2.75) is 18.0 Å². The highest BCUT2D eigenvalue weighted by molar-refractivity contribution is 7.90. The van der Waals surface area contributed by atoms with Crippen molar-refractivity contribution in [3.63, 3.8) is 0 Å². The van der Waals surface area contributed by atoms with Gasteiger partial charge in [0, 0.05) is 24.6 Å². The molecule has 1 aromatic carbocycles. The lowest BCUT2D eigenvalue weighted by atomic mass is 10.0. The van der Waals surface area contributed by atoms with E-state index in [1.165, 1.54) is 35.2 Å². The monoisotopic (exact) mass is 492 g/mol. The first-order valence-electron chi connectivity index (χ1n) is 9.61. The topological polar surface area (TPSA) is 140 Å². The molecule has 0 unspecified atom stereocenters. The van der Waals surface area contributed by atoms with Crippen LogP contribution in [0.3, 0.4) is 0 Å². The predicted octanol–water partition coefficient (Wildman–Crippen LogP) is 2.29. The van der Waals surface area contributed by atoms with Crippen LogP contribution in [0.2, 0.25) is 5.02 Å². The SMILES string of the molecule is CS(=O)(=O)c1ccc(NC(=O)N2CCn3nc(-c4ccc(F)c(Cl)c4)c(C(N)=O)c3C2)nc1. The molecule has 0 saturated heterocycles. The number of primary amides is 1. The second kappa shape index (κ2) is 8.45. The highest BCUT2D eigenvalue weighted by Gasteiger charge is 2.30. The zero-order chi connectivity index (χ0) is 23.9. The number of carbonyl (C=O) groups is 2. The number of fused-ring (bicyclic) bond motifs is 1. The number of aromatic nitrogens is 3. The Morgan fingerprint density at radius 2 is 1.97 bits per heavy atom. The Morgan fingerprint density at radius 3 is 2.58 bits per heavy atom. The Bertz CT molecular complexity index is 1370. The van der Waals surface area contributed by atoms with Crippen LogP contribution in [0.4, 0.5) is 15.0 Å². The molecule has 2 aromatic heterocycles. The van der Waals surface area contributed by atoms with Crippen LogP contribution in [0.25, 0.3) is 11.3 Å². The average Bonchev–Trinajstić information content (AvgIpc) is 3.14. The van der Waals surface area contributed by atoms with E-state index in [0.29, 0.717) is 17.8 Å². The first-order valence-corrected chi connectivity index (χ1v) is 11.9. The van der Waals surface area contributed by atoms with Crippen LogP contribution in [0, 0.1) is 5.82 Å². The number of anilines is 1. The lowest BCUT2D eigenvalue weighted by Crippen LogP contribution is -2.41. The van der Waals surface area contributed by atoms with E-state index in [4.69, 9.17) is 17.3 Å². The van der Waals surface area contributed by atoms with Gasteiger partial charge < -0.3 is 10.6 Å². The van der Waals surface area contributed by atoms with E-state index in [1.807, 2.05) is 0 Å². The van der Waals surface area contributed by atoms with Gasteiger partial charge in [-0.2, -0.15) is 5.10 Å². The second-order valence-electron chi connectivity index (χ2n) is 7.39. The molecule has 0 atom stereocenters. The summed E-state index contributed by atoms with van der Waals surface area (Å²) in [6.07, 6.45) is 2.21. The van der Waals surface area contributed by atoms with Crippen LogP contribution in [-0.2, 0) is 22.9 Å². The van der Waals surface area contributed by atoms with Crippen molar-refractivity contribution in [3.05, 3.63) is 58.6 Å². The van der Waals surface area contributed by atoms with Gasteiger partial charge >= 0.3 is 6.03 Å². The van der Waals surface area contributed by atoms with E-state index < -0.39 is 27.6 Å². The molecule has 3 heterocycles. The molecule has 13 heteroatoms. The molecule has 0 saturated carbocycles. The minimum absolute atomic E-state index is 0.0295. The van der Waals surface area contributed by atoms with Gasteiger partial charge in [0.25, 0.3) is 5.91 Å². The number of nitrogens with one attached hydrogen (secondary N) is 1. The number of urea groups is 1. The quantitative estimate of drug-likeness (QED) is 0.572. The van der Waals surface area contributed by atoms with Crippen LogP contribution >= 0.6 is 11.6 Å². The van der Waals surface area contributed by atoms with Crippen LogP contribution in [0.1, 0.15) is 16.1 Å². The van der Waals surface area contributed by atoms with Gasteiger partial charge in [0.05, 0.1) is 34.3 Å². The first-order chi connectivity index (χ1) is 15.5. The normalized spacial score (nSPS) is 13.5. The van der Waals surface area contributed by atoms with Gasteiger partial charge in [0.15, 0.2) is 9.84 Å². The summed E-state index contributed by atoms with van der Waals surface area (Å²) < 4.78 is 38.2. The number of nitrogens with two attached hydrogens (primary N) is 1. The fourth-order valence-corrected chi connectivity index (χ4v) is 4.20. The van der Waals surface area contributed by atoms with E-state index >= 15 is 0 Å². The van der Waals surface area contributed by atoms with Crippen LogP contribution in [0.5, 0.6) is 0 Å². The Labute approximate surface area is 193 Å². The zero-order valence-electron chi connectivity index (χ0n) is 17.2. The number of pyridine rings is 1. The Kier molecular flexibility index (Phi) is 5.80. The molecule has 0 bridgehead atoms. The van der Waals surface area contributed by atoms with Crippen molar-refractivity contribution in [1.82, 2.24) is 19.7 Å². The van der Waals surface area contributed by atoms with Crippen LogP contribution in [0.15, 0.2) is 41.4 Å². The smallest absolute Gasteiger partial charge is 0.323 e. The van der Waals surface area contributed by atoms with Crippen molar-refractivity contribution in [2.75, 3.05) is 18.1 Å². The maximum Gasteiger partial charge on any atom is 0.323 e. The molecule has 3 amide bonds. The van der Waals surface area contributed by atoms with Crippen molar-refractivity contribution in [1.29, 1.82) is 0 Å². The Hall–Kier alpha value is -3.51. The number of carbonyl (C=O) groups excluding carboxylic acids is 2. The molecule has 33 heavy (non-hydrogen) atoms. The van der Waals surface area contributed by atoms with Gasteiger partial charge in [0.1, 0.15) is 17.3 Å². The van der Waals surface area contributed by atoms with E-state index in [-0.39, 0.29) is 40.1 Å². The number of benzene rings is 1. The van der Waals surface area contributed by atoms with Crippen LogP contribution < -0.4 is 11.1 Å². The molecular weight excluding hydrogens is 475 g/mol. The molecule has 0 radical (unpaired) electrons. The van der Waals surface area contributed by atoms with E-state index in [0.717, 1.165) is 12.5 Å². The maximum absolute atomic E-state index is 13.6. The fraction of sp³-hybridized carbons (Fsp3) is 0.200. The van der Waals surface area contributed by atoms with Crippen LogP contribution in [-0.4, -0.2) is 52.8 Å². The molecule has 10 nitrogen and oxygen atoms in total. The number of hydrogen-bond acceptors (Lipinski definition) is 6. The highest BCUT2D eigenvalue weighted by atomic mass is 35.5. The molecule has 0 spiro atoms. The number of sulfone groups is 1. The second-order valence-corrected chi connectivity index (χ2v) is 9.81. The summed E-state index contributed by atoms with van der Waals surface area (Å²) in [5.41, 5.74) is 6.82. The molecule has 1 aliphatic rings. The number of halogens is 2. The number of rotatable bonds is 4. The molecule has 4 rings (SSSR count). The van der Waals surface area contributed by atoms with E-state index in [9.17, 15) is 22.4 Å². The van der Waals surface area contributed by atoms with Gasteiger partial charge in [0.2, 0.25) is 0 Å². The van der Waals surface area contributed by atoms with Gasteiger partial charge in [-0.15, -0.1) is 0 Å². The average molecular weight is 493 g/mol. The van der Waals surface area contributed by atoms with Crippen molar-refractivity contribution < 1.29 is 22.4 Å². The third kappa shape index (κ3) is 4.52. The van der Waals surface area contributed by atoms with E-state index in [1.54, 1.807) is 4.68 Å². The summed E-state index contributed by atoms with van der Waals surface area (Å²) in [6.45, 7) is 0.607. The molecule has 3 aromatic rings. The number of nitrogens with zero attached hydrogens (tertiary/aromatic N) is 4. The summed E-state index contributed by atoms with van der Waals surface area (Å²) >= 11 is 5.87. The minimum atomic E-state index is -3.41. The molecule has 0 aliphatic carbocycles. The summed E-state index contributed by atoms with van der Waals surface area (Å²) in [5.74, 6) is -1.18. The van der Waals surface area contributed by atoms with Crippen molar-refractivity contribution >= 4 is 39.2 Å². The largest absolute Gasteiger partial charge is 0.365 e. The lowest BCUT2D eigenvalue weighted by molar-refractivity contribution is 0.0997. The molecule has 0 fully saturated rings. The standard InChI is InChI=1S/C20H18ClFN6O4S/c1-33(31,32)12-3-5-16(24-9-12)25-20(30)27-6-7-28-15(10-27)17(19(23)29)18(26-28)11-2-4-14(22)13(21)8-11/h2-5,8-9H,6-7,10H2,1H3,(H2,23,29)(H,24,25,30). The molecule has 3 N–H and O–H groups in total. The van der Waals surface area contributed by atoms with Gasteiger partial charge in [-0.05, 0) is 30.3 Å². The fourth-order valence-electron chi connectivity index (χ4n) is 3.46. The Morgan fingerprint density at radius 1 is 1.21 bits per heavy atom. The summed E-state index contributed by atoms with van der Waals surface area (Å²) in [6, 6.07) is 6.20. The third-order valence-electron chi connectivity index (χ3n) is 5.11. The zero-order valence-corrected chi connectivity index (χ0v) is 18.8. The molecule has 1 aliphatic heterocycles.